The van der Waals surface area contributed by atoms with Crippen molar-refractivity contribution in [3.8, 4) is 11.4 Å². The lowest BCUT2D eigenvalue weighted by Crippen LogP contribution is -2.41. The van der Waals surface area contributed by atoms with Gasteiger partial charge in [-0.05, 0) is 31.2 Å². The molecule has 33 heavy (non-hydrogen) atoms. The maximum atomic E-state index is 14.6. The van der Waals surface area contributed by atoms with E-state index in [-0.39, 0.29) is 17.6 Å². The van der Waals surface area contributed by atoms with Crippen LogP contribution in [0.15, 0.2) is 36.4 Å². The van der Waals surface area contributed by atoms with E-state index in [0.717, 1.165) is 19.6 Å². The smallest absolute Gasteiger partial charge is 0.253 e. The average molecular weight is 454 g/mol. The zero-order chi connectivity index (χ0) is 23.4. The molecule has 4 rings (SSSR count). The van der Waals surface area contributed by atoms with Gasteiger partial charge >= 0.3 is 0 Å². The first-order valence-electron chi connectivity index (χ1n) is 11.1. The number of imidazole rings is 1. The third-order valence-electron chi connectivity index (χ3n) is 5.66. The van der Waals surface area contributed by atoms with Crippen LogP contribution in [0, 0.1) is 5.82 Å². The molecule has 174 valence electrons. The largest absolute Gasteiger partial charge is 0.379 e. The number of nitrogens with one attached hydrogen (secondary N) is 2. The molecule has 0 atom stereocenters. The Hall–Kier alpha value is -3.30. The normalized spacial score (nSPS) is 14.4. The second kappa shape index (κ2) is 10.1. The number of fused-ring (bicyclic) bond motifs is 1. The number of hydrogen-bond donors (Lipinski definition) is 2. The van der Waals surface area contributed by atoms with E-state index in [4.69, 9.17) is 4.74 Å². The molecular weight excluding hydrogens is 425 g/mol. The summed E-state index contributed by atoms with van der Waals surface area (Å²) in [5.41, 5.74) is 2.33. The Labute approximate surface area is 191 Å². The molecular formula is C24H28FN5O3. The number of amides is 2. The van der Waals surface area contributed by atoms with Crippen LogP contribution in [0.5, 0.6) is 0 Å². The first-order chi connectivity index (χ1) is 16.0. The van der Waals surface area contributed by atoms with Crippen molar-refractivity contribution in [1.82, 2.24) is 19.8 Å². The predicted octanol–water partition coefficient (Wildman–Crippen LogP) is 2.88. The van der Waals surface area contributed by atoms with E-state index in [1.807, 2.05) is 11.5 Å². The molecule has 1 aromatic heterocycles. The highest BCUT2D eigenvalue weighted by atomic mass is 19.1. The van der Waals surface area contributed by atoms with Crippen molar-refractivity contribution in [2.75, 3.05) is 44.7 Å². The third kappa shape index (κ3) is 5.04. The summed E-state index contributed by atoms with van der Waals surface area (Å²) < 4.78 is 21.8. The lowest BCUT2D eigenvalue weighted by Gasteiger charge is -2.26. The number of aromatic nitrogens is 2. The number of halogens is 1. The van der Waals surface area contributed by atoms with Crippen LogP contribution in [-0.4, -0.2) is 65.7 Å². The standard InChI is InChI=1S/C24H28FN5O3/c1-3-30-22-19(24(32)26-8-9-29-10-12-33-13-11-29)14-17(27-16(2)31)15-21(22)28-23(30)18-6-4-5-7-20(18)25/h4-7,14-15H,3,8-13H2,1-2H3,(H,26,32)(H,27,31). The number of aryl methyl sites for hydroxylation is 1. The van der Waals surface area contributed by atoms with Crippen molar-refractivity contribution in [1.29, 1.82) is 0 Å². The molecule has 1 saturated heterocycles. The molecule has 2 N–H and O–H groups in total. The molecule has 1 aliphatic rings. The molecule has 1 fully saturated rings. The Bertz CT molecular complexity index is 1170. The minimum absolute atomic E-state index is 0.253. The van der Waals surface area contributed by atoms with Gasteiger partial charge in [-0.15, -0.1) is 0 Å². The molecule has 2 aromatic carbocycles. The van der Waals surface area contributed by atoms with Crippen LogP contribution < -0.4 is 10.6 Å². The Balaban J connectivity index is 1.72. The van der Waals surface area contributed by atoms with Crippen LogP contribution in [0.2, 0.25) is 0 Å². The minimum atomic E-state index is -0.388. The number of carbonyl (C=O) groups is 2. The molecule has 0 aliphatic carbocycles. The van der Waals surface area contributed by atoms with Crippen LogP contribution >= 0.6 is 0 Å². The van der Waals surface area contributed by atoms with Crippen molar-refractivity contribution in [3.63, 3.8) is 0 Å². The number of morpholine rings is 1. The van der Waals surface area contributed by atoms with Crippen LogP contribution in [0.3, 0.4) is 0 Å². The lowest BCUT2D eigenvalue weighted by atomic mass is 10.1. The first-order valence-corrected chi connectivity index (χ1v) is 11.1. The van der Waals surface area contributed by atoms with E-state index in [2.05, 4.69) is 20.5 Å². The van der Waals surface area contributed by atoms with Gasteiger partial charge in [-0.2, -0.15) is 0 Å². The van der Waals surface area contributed by atoms with E-state index in [1.54, 1.807) is 30.3 Å². The Morgan fingerprint density at radius 2 is 1.94 bits per heavy atom. The summed E-state index contributed by atoms with van der Waals surface area (Å²) in [5.74, 6) is -0.471. The Morgan fingerprint density at radius 3 is 2.64 bits per heavy atom. The number of carbonyl (C=O) groups excluding carboxylic acids is 2. The zero-order valence-electron chi connectivity index (χ0n) is 18.9. The maximum absolute atomic E-state index is 14.6. The van der Waals surface area contributed by atoms with Gasteiger partial charge in [-0.3, -0.25) is 14.5 Å². The van der Waals surface area contributed by atoms with Crippen molar-refractivity contribution in [2.45, 2.75) is 20.4 Å². The summed E-state index contributed by atoms with van der Waals surface area (Å²) in [6.07, 6.45) is 0. The fourth-order valence-electron chi connectivity index (χ4n) is 4.12. The van der Waals surface area contributed by atoms with E-state index >= 15 is 0 Å². The van der Waals surface area contributed by atoms with Crippen LogP contribution in [-0.2, 0) is 16.1 Å². The Kier molecular flexibility index (Phi) is 7.00. The second-order valence-corrected chi connectivity index (χ2v) is 7.94. The van der Waals surface area contributed by atoms with E-state index < -0.39 is 0 Å². The van der Waals surface area contributed by atoms with Crippen LogP contribution in [0.1, 0.15) is 24.2 Å². The number of nitrogens with zero attached hydrogens (tertiary/aromatic N) is 3. The summed E-state index contributed by atoms with van der Waals surface area (Å²) in [4.78, 5) is 31.8. The molecule has 8 nitrogen and oxygen atoms in total. The van der Waals surface area contributed by atoms with Gasteiger partial charge in [-0.25, -0.2) is 9.37 Å². The number of ether oxygens (including phenoxy) is 1. The van der Waals surface area contributed by atoms with E-state index in [1.165, 1.54) is 13.0 Å². The molecule has 2 heterocycles. The van der Waals surface area contributed by atoms with Crippen molar-refractivity contribution < 1.29 is 18.7 Å². The van der Waals surface area contributed by atoms with E-state index in [9.17, 15) is 14.0 Å². The predicted molar refractivity (Wildman–Crippen MR) is 125 cm³/mol. The maximum Gasteiger partial charge on any atom is 0.253 e. The van der Waals surface area contributed by atoms with Gasteiger partial charge in [0.05, 0.1) is 35.4 Å². The second-order valence-electron chi connectivity index (χ2n) is 7.94. The highest BCUT2D eigenvalue weighted by Crippen LogP contribution is 2.31. The van der Waals surface area contributed by atoms with Gasteiger partial charge in [0.1, 0.15) is 11.6 Å². The summed E-state index contributed by atoms with van der Waals surface area (Å²) in [5, 5.41) is 5.71. The van der Waals surface area contributed by atoms with Gasteiger partial charge in [0.15, 0.2) is 0 Å². The molecule has 0 bridgehead atoms. The summed E-state index contributed by atoms with van der Waals surface area (Å²) in [6.45, 7) is 8.09. The topological polar surface area (TPSA) is 88.5 Å². The molecule has 3 aromatic rings. The molecule has 0 spiro atoms. The quantitative estimate of drug-likeness (QED) is 0.574. The van der Waals surface area contributed by atoms with Gasteiger partial charge in [0.25, 0.3) is 5.91 Å². The molecule has 2 amide bonds. The first kappa shape index (κ1) is 22.9. The number of rotatable bonds is 7. The van der Waals surface area contributed by atoms with Crippen molar-refractivity contribution >= 4 is 28.5 Å². The monoisotopic (exact) mass is 453 g/mol. The van der Waals surface area contributed by atoms with Crippen LogP contribution in [0.4, 0.5) is 10.1 Å². The highest BCUT2D eigenvalue weighted by Gasteiger charge is 2.22. The van der Waals surface area contributed by atoms with Gasteiger partial charge in [-0.1, -0.05) is 12.1 Å². The van der Waals surface area contributed by atoms with E-state index in [0.29, 0.717) is 60.0 Å². The highest BCUT2D eigenvalue weighted by molar-refractivity contribution is 6.08. The Morgan fingerprint density at radius 1 is 1.18 bits per heavy atom. The SMILES string of the molecule is CCn1c(-c2ccccc2F)nc2cc(NC(C)=O)cc(C(=O)NCCN3CCOCC3)c21. The average Bonchev–Trinajstić information content (AvgIpc) is 3.17. The summed E-state index contributed by atoms with van der Waals surface area (Å²) in [6, 6.07) is 9.78. The molecule has 1 aliphatic heterocycles. The fourth-order valence-corrected chi connectivity index (χ4v) is 4.12. The zero-order valence-corrected chi connectivity index (χ0v) is 18.9. The van der Waals surface area contributed by atoms with Crippen molar-refractivity contribution in [3.05, 3.63) is 47.8 Å². The lowest BCUT2D eigenvalue weighted by molar-refractivity contribution is -0.114. The van der Waals surface area contributed by atoms with Crippen LogP contribution in [0.25, 0.3) is 22.4 Å². The third-order valence-corrected chi connectivity index (χ3v) is 5.66. The summed E-state index contributed by atoms with van der Waals surface area (Å²) in [7, 11) is 0. The van der Waals surface area contributed by atoms with Crippen molar-refractivity contribution in [2.24, 2.45) is 0 Å². The van der Waals surface area contributed by atoms with Gasteiger partial charge in [0, 0.05) is 45.3 Å². The van der Waals surface area contributed by atoms with Gasteiger partial charge < -0.3 is 19.9 Å². The number of hydrogen-bond acceptors (Lipinski definition) is 5. The fraction of sp³-hybridized carbons (Fsp3) is 0.375. The molecule has 0 radical (unpaired) electrons. The number of benzene rings is 2. The molecule has 9 heteroatoms. The van der Waals surface area contributed by atoms with Gasteiger partial charge in [0.2, 0.25) is 5.91 Å². The molecule has 0 unspecified atom stereocenters. The molecule has 0 saturated carbocycles. The minimum Gasteiger partial charge on any atom is -0.379 e. The number of anilines is 1. The summed E-state index contributed by atoms with van der Waals surface area (Å²) >= 11 is 0.